The predicted octanol–water partition coefficient (Wildman–Crippen LogP) is 4.07. The van der Waals surface area contributed by atoms with E-state index in [0.29, 0.717) is 17.1 Å². The Hall–Kier alpha value is -2.66. The first-order chi connectivity index (χ1) is 10.8. The number of anilines is 1. The van der Waals surface area contributed by atoms with Crippen molar-refractivity contribution < 1.29 is 9.53 Å². The molecule has 1 N–H and O–H groups in total. The van der Waals surface area contributed by atoms with Crippen molar-refractivity contribution >= 4 is 22.9 Å². The van der Waals surface area contributed by atoms with Crippen molar-refractivity contribution in [3.8, 4) is 16.3 Å². The second-order valence-corrected chi connectivity index (χ2v) is 5.45. The molecule has 0 atom stereocenters. The molecule has 5 heteroatoms. The molecule has 0 spiro atoms. The van der Waals surface area contributed by atoms with Crippen molar-refractivity contribution in [2.45, 2.75) is 0 Å². The summed E-state index contributed by atoms with van der Waals surface area (Å²) in [5, 5.41) is 5.41. The van der Waals surface area contributed by atoms with Crippen LogP contribution in [0.3, 0.4) is 0 Å². The average molecular weight is 310 g/mol. The van der Waals surface area contributed by atoms with Crippen LogP contribution in [0.1, 0.15) is 10.5 Å². The molecule has 110 valence electrons. The summed E-state index contributed by atoms with van der Waals surface area (Å²) >= 11 is 1.45. The van der Waals surface area contributed by atoms with Crippen LogP contribution >= 0.6 is 11.3 Å². The first-order valence-electron chi connectivity index (χ1n) is 6.72. The largest absolute Gasteiger partial charge is 0.497 e. The van der Waals surface area contributed by atoms with Gasteiger partial charge in [-0.15, -0.1) is 11.3 Å². The van der Waals surface area contributed by atoms with Crippen LogP contribution in [0.4, 0.5) is 5.69 Å². The van der Waals surface area contributed by atoms with Crippen LogP contribution in [0.2, 0.25) is 0 Å². The lowest BCUT2D eigenvalue weighted by molar-refractivity contribution is 0.102. The smallest absolute Gasteiger partial charge is 0.275 e. The van der Waals surface area contributed by atoms with Crippen molar-refractivity contribution in [2.75, 3.05) is 12.4 Å². The molecule has 2 aromatic carbocycles. The molecule has 4 nitrogen and oxygen atoms in total. The Balaban J connectivity index is 1.77. The quantitative estimate of drug-likeness (QED) is 0.790. The SMILES string of the molecule is COc1cccc(NC(=O)c2csc(-c3ccccc3)n2)c1. The molecule has 0 aliphatic heterocycles. The van der Waals surface area contributed by atoms with Crippen LogP contribution in [0.5, 0.6) is 5.75 Å². The molecule has 0 saturated heterocycles. The normalized spacial score (nSPS) is 10.2. The minimum absolute atomic E-state index is 0.230. The summed E-state index contributed by atoms with van der Waals surface area (Å²) < 4.78 is 5.14. The van der Waals surface area contributed by atoms with Gasteiger partial charge in [-0.25, -0.2) is 4.98 Å². The van der Waals surface area contributed by atoms with Crippen molar-refractivity contribution in [3.63, 3.8) is 0 Å². The molecule has 3 rings (SSSR count). The summed E-state index contributed by atoms with van der Waals surface area (Å²) in [6.07, 6.45) is 0. The Labute approximate surface area is 132 Å². The van der Waals surface area contributed by atoms with E-state index in [1.807, 2.05) is 48.5 Å². The van der Waals surface area contributed by atoms with Gasteiger partial charge in [-0.3, -0.25) is 4.79 Å². The molecule has 22 heavy (non-hydrogen) atoms. The maximum absolute atomic E-state index is 12.3. The third kappa shape index (κ3) is 3.15. The van der Waals surface area contributed by atoms with Gasteiger partial charge in [0.2, 0.25) is 0 Å². The van der Waals surface area contributed by atoms with Crippen LogP contribution in [0.25, 0.3) is 10.6 Å². The number of aromatic nitrogens is 1. The number of amides is 1. The van der Waals surface area contributed by atoms with Gasteiger partial charge in [0.25, 0.3) is 5.91 Å². The molecule has 1 heterocycles. The Morgan fingerprint density at radius 3 is 2.73 bits per heavy atom. The third-order valence-corrected chi connectivity index (χ3v) is 3.98. The van der Waals surface area contributed by atoms with Crippen LogP contribution in [0.15, 0.2) is 60.0 Å². The topological polar surface area (TPSA) is 51.2 Å². The molecule has 1 aromatic heterocycles. The zero-order valence-corrected chi connectivity index (χ0v) is 12.8. The van der Waals surface area contributed by atoms with Gasteiger partial charge in [-0.2, -0.15) is 0 Å². The Kier molecular flexibility index (Phi) is 4.16. The van der Waals surface area contributed by atoms with Gasteiger partial charge in [0.05, 0.1) is 7.11 Å². The van der Waals surface area contributed by atoms with Gasteiger partial charge < -0.3 is 10.1 Å². The van der Waals surface area contributed by atoms with E-state index in [-0.39, 0.29) is 5.91 Å². The van der Waals surface area contributed by atoms with Crippen molar-refractivity contribution in [3.05, 3.63) is 65.7 Å². The minimum atomic E-state index is -0.230. The molecule has 0 radical (unpaired) electrons. The summed E-state index contributed by atoms with van der Waals surface area (Å²) in [6.45, 7) is 0. The number of carbonyl (C=O) groups is 1. The van der Waals surface area contributed by atoms with Gasteiger partial charge in [-0.1, -0.05) is 36.4 Å². The predicted molar refractivity (Wildman–Crippen MR) is 88.5 cm³/mol. The summed E-state index contributed by atoms with van der Waals surface area (Å²) in [7, 11) is 1.59. The second kappa shape index (κ2) is 6.41. The third-order valence-electron chi connectivity index (χ3n) is 3.09. The van der Waals surface area contributed by atoms with Crippen molar-refractivity contribution in [1.82, 2.24) is 4.98 Å². The van der Waals surface area contributed by atoms with Crippen molar-refractivity contribution in [2.24, 2.45) is 0 Å². The summed E-state index contributed by atoms with van der Waals surface area (Å²) in [5.74, 6) is 0.465. The molecule has 0 aliphatic carbocycles. The second-order valence-electron chi connectivity index (χ2n) is 4.59. The van der Waals surface area contributed by atoms with E-state index in [1.54, 1.807) is 18.6 Å². The number of thiazole rings is 1. The number of rotatable bonds is 4. The molecular weight excluding hydrogens is 296 g/mol. The molecule has 0 bridgehead atoms. The Morgan fingerprint density at radius 2 is 1.95 bits per heavy atom. The Bertz CT molecular complexity index is 784. The van der Waals surface area contributed by atoms with Gasteiger partial charge in [0, 0.05) is 22.7 Å². The Morgan fingerprint density at radius 1 is 1.14 bits per heavy atom. The summed E-state index contributed by atoms with van der Waals surface area (Å²) in [6, 6.07) is 17.0. The fourth-order valence-corrected chi connectivity index (χ4v) is 2.79. The number of hydrogen-bond donors (Lipinski definition) is 1. The lowest BCUT2D eigenvalue weighted by atomic mass is 10.2. The first kappa shape index (κ1) is 14.3. The summed E-state index contributed by atoms with van der Waals surface area (Å²) in [4.78, 5) is 16.6. The number of benzene rings is 2. The van der Waals surface area contributed by atoms with Crippen molar-refractivity contribution in [1.29, 1.82) is 0 Å². The molecule has 0 aliphatic rings. The molecule has 3 aromatic rings. The van der Waals surface area contributed by atoms with Crippen LogP contribution in [-0.2, 0) is 0 Å². The number of nitrogens with one attached hydrogen (secondary N) is 1. The molecule has 0 unspecified atom stereocenters. The highest BCUT2D eigenvalue weighted by molar-refractivity contribution is 7.13. The highest BCUT2D eigenvalue weighted by Crippen LogP contribution is 2.24. The van der Waals surface area contributed by atoms with Crippen LogP contribution < -0.4 is 10.1 Å². The zero-order chi connectivity index (χ0) is 15.4. The van der Waals surface area contributed by atoms with Gasteiger partial charge in [0.15, 0.2) is 0 Å². The summed E-state index contributed by atoms with van der Waals surface area (Å²) in [5.41, 5.74) is 2.10. The van der Waals surface area contributed by atoms with Crippen LogP contribution in [0, 0.1) is 0 Å². The van der Waals surface area contributed by atoms with E-state index in [4.69, 9.17) is 4.74 Å². The number of carbonyl (C=O) groups excluding carboxylic acids is 1. The molecule has 0 fully saturated rings. The van der Waals surface area contributed by atoms with E-state index in [1.165, 1.54) is 11.3 Å². The number of methoxy groups -OCH3 is 1. The monoisotopic (exact) mass is 310 g/mol. The zero-order valence-electron chi connectivity index (χ0n) is 11.9. The number of hydrogen-bond acceptors (Lipinski definition) is 4. The van der Waals surface area contributed by atoms with E-state index >= 15 is 0 Å². The fourth-order valence-electron chi connectivity index (χ4n) is 1.99. The van der Waals surface area contributed by atoms with Gasteiger partial charge in [-0.05, 0) is 12.1 Å². The number of ether oxygens (including phenoxy) is 1. The molecular formula is C17H14N2O2S. The molecule has 1 amide bonds. The fraction of sp³-hybridized carbons (Fsp3) is 0.0588. The highest BCUT2D eigenvalue weighted by atomic mass is 32.1. The van der Waals surface area contributed by atoms with Crippen LogP contribution in [-0.4, -0.2) is 18.0 Å². The lowest BCUT2D eigenvalue weighted by Gasteiger charge is -2.05. The van der Waals surface area contributed by atoms with E-state index in [2.05, 4.69) is 10.3 Å². The first-order valence-corrected chi connectivity index (χ1v) is 7.60. The minimum Gasteiger partial charge on any atom is -0.497 e. The van der Waals surface area contributed by atoms with Gasteiger partial charge in [0.1, 0.15) is 16.5 Å². The van der Waals surface area contributed by atoms with E-state index in [9.17, 15) is 4.79 Å². The highest BCUT2D eigenvalue weighted by Gasteiger charge is 2.12. The lowest BCUT2D eigenvalue weighted by Crippen LogP contribution is -2.12. The average Bonchev–Trinajstić information content (AvgIpc) is 3.06. The standard InChI is InChI=1S/C17H14N2O2S/c1-21-14-9-5-8-13(10-14)18-16(20)15-11-22-17(19-15)12-6-3-2-4-7-12/h2-11H,1H3,(H,18,20). The maximum atomic E-state index is 12.3. The number of nitrogens with zero attached hydrogens (tertiary/aromatic N) is 1. The maximum Gasteiger partial charge on any atom is 0.275 e. The van der Waals surface area contributed by atoms with E-state index < -0.39 is 0 Å². The van der Waals surface area contributed by atoms with Gasteiger partial charge >= 0.3 is 0 Å². The molecule has 0 saturated carbocycles. The van der Waals surface area contributed by atoms with E-state index in [0.717, 1.165) is 10.6 Å².